The third-order valence-electron chi connectivity index (χ3n) is 2.25. The van der Waals surface area contributed by atoms with Gasteiger partial charge in [0, 0.05) is 11.0 Å². The van der Waals surface area contributed by atoms with Crippen LogP contribution >= 0.6 is 15.9 Å². The lowest BCUT2D eigenvalue weighted by Crippen LogP contribution is -2.26. The summed E-state index contributed by atoms with van der Waals surface area (Å²) in [5.74, 6) is 2.71. The van der Waals surface area contributed by atoms with E-state index in [0.717, 1.165) is 11.0 Å². The number of halogens is 1. The molecule has 0 saturated carbocycles. The minimum Gasteiger partial charge on any atom is -0.289 e. The molecule has 0 saturated heterocycles. The molecule has 0 aliphatic carbocycles. The highest BCUT2D eigenvalue weighted by Gasteiger charge is 2.05. The quantitative estimate of drug-likeness (QED) is 0.747. The first kappa shape index (κ1) is 11.3. The van der Waals surface area contributed by atoms with Gasteiger partial charge in [-0.05, 0) is 31.7 Å². The van der Waals surface area contributed by atoms with Crippen LogP contribution in [-0.2, 0) is 6.54 Å². The fourth-order valence-corrected chi connectivity index (χ4v) is 1.41. The first-order chi connectivity index (χ1) is 6.63. The second-order valence-electron chi connectivity index (χ2n) is 3.38. The largest absolute Gasteiger partial charge is 0.289 e. The number of rotatable bonds is 3. The Labute approximate surface area is 94.2 Å². The molecular formula is C12H14BrN. The highest BCUT2D eigenvalue weighted by atomic mass is 79.9. The van der Waals surface area contributed by atoms with Gasteiger partial charge in [-0.3, -0.25) is 4.90 Å². The van der Waals surface area contributed by atoms with Crippen LogP contribution in [0.3, 0.4) is 0 Å². The van der Waals surface area contributed by atoms with Gasteiger partial charge < -0.3 is 0 Å². The van der Waals surface area contributed by atoms with Crippen LogP contribution in [0.2, 0.25) is 0 Å². The van der Waals surface area contributed by atoms with Crippen LogP contribution in [0.1, 0.15) is 12.5 Å². The third kappa shape index (κ3) is 3.17. The lowest BCUT2D eigenvalue weighted by molar-refractivity contribution is 0.296. The Morgan fingerprint density at radius 3 is 2.50 bits per heavy atom. The molecule has 0 N–H and O–H groups in total. The summed E-state index contributed by atoms with van der Waals surface area (Å²) in [4.78, 5) is 2.14. The molecule has 74 valence electrons. The smallest absolute Gasteiger partial charge is 0.0683 e. The highest BCUT2D eigenvalue weighted by Crippen LogP contribution is 2.12. The molecule has 0 aliphatic rings. The van der Waals surface area contributed by atoms with Gasteiger partial charge in [-0.15, -0.1) is 6.42 Å². The van der Waals surface area contributed by atoms with Gasteiger partial charge in [0.2, 0.25) is 0 Å². The van der Waals surface area contributed by atoms with Crippen molar-refractivity contribution in [2.45, 2.75) is 19.5 Å². The van der Waals surface area contributed by atoms with Crippen LogP contribution in [0.25, 0.3) is 0 Å². The maximum absolute atomic E-state index is 5.35. The second kappa shape index (κ2) is 5.19. The van der Waals surface area contributed by atoms with Gasteiger partial charge in [0.1, 0.15) is 0 Å². The number of nitrogens with zero attached hydrogens (tertiary/aromatic N) is 1. The van der Waals surface area contributed by atoms with Crippen LogP contribution in [0.15, 0.2) is 28.7 Å². The average molecular weight is 252 g/mol. The van der Waals surface area contributed by atoms with Crippen molar-refractivity contribution in [3.8, 4) is 12.3 Å². The Kier molecular flexibility index (Phi) is 4.19. The normalized spacial score (nSPS) is 12.5. The number of hydrogen-bond donors (Lipinski definition) is 0. The van der Waals surface area contributed by atoms with E-state index in [4.69, 9.17) is 6.42 Å². The zero-order valence-corrected chi connectivity index (χ0v) is 10.1. The van der Waals surface area contributed by atoms with E-state index in [9.17, 15) is 0 Å². The molecule has 2 heteroatoms. The van der Waals surface area contributed by atoms with E-state index in [1.54, 1.807) is 0 Å². The van der Waals surface area contributed by atoms with E-state index < -0.39 is 0 Å². The number of hydrogen-bond acceptors (Lipinski definition) is 1. The summed E-state index contributed by atoms with van der Waals surface area (Å²) < 4.78 is 1.11. The van der Waals surface area contributed by atoms with Gasteiger partial charge in [-0.2, -0.15) is 0 Å². The first-order valence-corrected chi connectivity index (χ1v) is 5.33. The molecule has 0 spiro atoms. The standard InChI is InChI=1S/C12H14BrN/c1-4-10(2)14(3)9-11-5-7-12(13)8-6-11/h1,5-8,10H,9H2,2-3H3. The second-order valence-corrected chi connectivity index (χ2v) is 4.30. The molecule has 0 aromatic heterocycles. The van der Waals surface area contributed by atoms with Gasteiger partial charge in [0.15, 0.2) is 0 Å². The summed E-state index contributed by atoms with van der Waals surface area (Å²) in [5, 5.41) is 0. The Balaban J connectivity index is 2.61. The monoisotopic (exact) mass is 251 g/mol. The zero-order valence-electron chi connectivity index (χ0n) is 8.50. The van der Waals surface area contributed by atoms with Crippen molar-refractivity contribution >= 4 is 15.9 Å². The molecule has 1 nitrogen and oxygen atoms in total. The van der Waals surface area contributed by atoms with E-state index in [-0.39, 0.29) is 6.04 Å². The Bertz CT molecular complexity index is 323. The molecule has 0 heterocycles. The van der Waals surface area contributed by atoms with Crippen LogP contribution in [-0.4, -0.2) is 18.0 Å². The summed E-state index contributed by atoms with van der Waals surface area (Å²) in [6.45, 7) is 2.91. The van der Waals surface area contributed by atoms with Crippen molar-refractivity contribution < 1.29 is 0 Å². The lowest BCUT2D eigenvalue weighted by Gasteiger charge is -2.20. The van der Waals surface area contributed by atoms with Crippen LogP contribution in [0, 0.1) is 12.3 Å². The molecule has 1 aromatic carbocycles. The maximum Gasteiger partial charge on any atom is 0.0683 e. The van der Waals surface area contributed by atoms with Crippen LogP contribution in [0.4, 0.5) is 0 Å². The van der Waals surface area contributed by atoms with E-state index in [1.165, 1.54) is 5.56 Å². The van der Waals surface area contributed by atoms with Crippen molar-refractivity contribution in [1.29, 1.82) is 0 Å². The molecule has 0 amide bonds. The molecule has 1 unspecified atom stereocenters. The molecule has 1 rings (SSSR count). The fourth-order valence-electron chi connectivity index (χ4n) is 1.14. The SMILES string of the molecule is C#CC(C)N(C)Cc1ccc(Br)cc1. The summed E-state index contributed by atoms with van der Waals surface area (Å²) in [6, 6.07) is 8.47. The Morgan fingerprint density at radius 2 is 2.00 bits per heavy atom. The van der Waals surface area contributed by atoms with Gasteiger partial charge in [0.05, 0.1) is 6.04 Å². The van der Waals surface area contributed by atoms with Crippen molar-refractivity contribution in [3.05, 3.63) is 34.3 Å². The average Bonchev–Trinajstić information content (AvgIpc) is 2.20. The van der Waals surface area contributed by atoms with E-state index in [1.807, 2.05) is 26.1 Å². The van der Waals surface area contributed by atoms with Crippen molar-refractivity contribution in [3.63, 3.8) is 0 Å². The van der Waals surface area contributed by atoms with Crippen molar-refractivity contribution in [2.75, 3.05) is 7.05 Å². The predicted molar refractivity (Wildman–Crippen MR) is 63.9 cm³/mol. The minimum absolute atomic E-state index is 0.179. The fraction of sp³-hybridized carbons (Fsp3) is 0.333. The predicted octanol–water partition coefficient (Wildman–Crippen LogP) is 2.90. The van der Waals surface area contributed by atoms with Gasteiger partial charge in [-0.25, -0.2) is 0 Å². The summed E-state index contributed by atoms with van der Waals surface area (Å²) in [6.07, 6.45) is 5.35. The lowest BCUT2D eigenvalue weighted by atomic mass is 10.2. The van der Waals surface area contributed by atoms with Crippen molar-refractivity contribution in [1.82, 2.24) is 4.90 Å². The topological polar surface area (TPSA) is 3.24 Å². The molecule has 0 radical (unpaired) electrons. The molecule has 0 aliphatic heterocycles. The number of benzene rings is 1. The summed E-state index contributed by atoms with van der Waals surface area (Å²) in [7, 11) is 2.03. The van der Waals surface area contributed by atoms with Gasteiger partial charge in [-0.1, -0.05) is 34.0 Å². The van der Waals surface area contributed by atoms with Gasteiger partial charge >= 0.3 is 0 Å². The molecule has 0 bridgehead atoms. The molecule has 0 fully saturated rings. The van der Waals surface area contributed by atoms with E-state index in [0.29, 0.717) is 0 Å². The van der Waals surface area contributed by atoms with Crippen LogP contribution < -0.4 is 0 Å². The van der Waals surface area contributed by atoms with Crippen LogP contribution in [0.5, 0.6) is 0 Å². The minimum atomic E-state index is 0.179. The van der Waals surface area contributed by atoms with Gasteiger partial charge in [0.25, 0.3) is 0 Å². The summed E-state index contributed by atoms with van der Waals surface area (Å²) in [5.41, 5.74) is 1.28. The Hall–Kier alpha value is -0.780. The number of terminal acetylenes is 1. The molecule has 1 atom stereocenters. The maximum atomic E-state index is 5.35. The molecule has 14 heavy (non-hydrogen) atoms. The third-order valence-corrected chi connectivity index (χ3v) is 2.78. The highest BCUT2D eigenvalue weighted by molar-refractivity contribution is 9.10. The van der Waals surface area contributed by atoms with E-state index in [2.05, 4.69) is 38.9 Å². The summed E-state index contributed by atoms with van der Waals surface area (Å²) >= 11 is 3.41. The first-order valence-electron chi connectivity index (χ1n) is 4.54. The zero-order chi connectivity index (χ0) is 10.6. The van der Waals surface area contributed by atoms with Crippen molar-refractivity contribution in [2.24, 2.45) is 0 Å². The molecular weight excluding hydrogens is 238 g/mol. The Morgan fingerprint density at radius 1 is 1.43 bits per heavy atom. The van der Waals surface area contributed by atoms with E-state index >= 15 is 0 Å². The molecule has 1 aromatic rings.